The summed E-state index contributed by atoms with van der Waals surface area (Å²) < 4.78 is 10.9. The van der Waals surface area contributed by atoms with Gasteiger partial charge in [-0.3, -0.25) is 0 Å². The van der Waals surface area contributed by atoms with Crippen LogP contribution in [-0.2, 0) is 9.47 Å². The van der Waals surface area contributed by atoms with Crippen molar-refractivity contribution in [2.24, 2.45) is 0 Å². The van der Waals surface area contributed by atoms with E-state index in [-0.39, 0.29) is 23.1 Å². The van der Waals surface area contributed by atoms with E-state index in [4.69, 9.17) is 9.47 Å². The second-order valence-electron chi connectivity index (χ2n) is 5.00. The Kier molecular flexibility index (Phi) is 4.29. The molecule has 0 aliphatic carbocycles. The molecule has 2 rings (SSSR count). The van der Waals surface area contributed by atoms with E-state index in [0.717, 1.165) is 6.42 Å². The molecule has 5 heteroatoms. The van der Waals surface area contributed by atoms with E-state index in [2.05, 4.69) is 5.32 Å². The lowest BCUT2D eigenvalue weighted by Gasteiger charge is -2.28. The summed E-state index contributed by atoms with van der Waals surface area (Å²) in [5.41, 5.74) is 0.196. The molecule has 19 heavy (non-hydrogen) atoms. The fourth-order valence-electron chi connectivity index (χ4n) is 2.39. The van der Waals surface area contributed by atoms with Crippen LogP contribution >= 0.6 is 0 Å². The Morgan fingerprint density at radius 1 is 1.42 bits per heavy atom. The van der Waals surface area contributed by atoms with Gasteiger partial charge in [0.05, 0.1) is 12.2 Å². The normalized spacial score (nSPS) is 24.5. The zero-order chi connectivity index (χ0) is 13.9. The molecule has 0 aromatic heterocycles. The van der Waals surface area contributed by atoms with Gasteiger partial charge in [0.1, 0.15) is 17.1 Å². The van der Waals surface area contributed by atoms with Crippen molar-refractivity contribution in [3.8, 4) is 11.5 Å². The lowest BCUT2D eigenvalue weighted by atomic mass is 10.0. The Labute approximate surface area is 113 Å². The van der Waals surface area contributed by atoms with Crippen molar-refractivity contribution in [3.63, 3.8) is 0 Å². The summed E-state index contributed by atoms with van der Waals surface area (Å²) in [6.07, 6.45) is 0.843. The minimum absolute atomic E-state index is 0.0918. The average molecular weight is 267 g/mol. The molecule has 1 heterocycles. The molecule has 3 N–H and O–H groups in total. The summed E-state index contributed by atoms with van der Waals surface area (Å²) in [7, 11) is 1.68. The Balaban J connectivity index is 2.03. The number of methoxy groups -OCH3 is 1. The van der Waals surface area contributed by atoms with Gasteiger partial charge in [-0.25, -0.2) is 0 Å². The lowest BCUT2D eigenvalue weighted by molar-refractivity contribution is -0.0173. The van der Waals surface area contributed by atoms with Gasteiger partial charge in [-0.05, 0) is 19.1 Å². The Morgan fingerprint density at radius 2 is 2.11 bits per heavy atom. The van der Waals surface area contributed by atoms with Gasteiger partial charge in [0.2, 0.25) is 0 Å². The molecule has 1 fully saturated rings. The van der Waals surface area contributed by atoms with Gasteiger partial charge in [-0.2, -0.15) is 0 Å². The van der Waals surface area contributed by atoms with Crippen molar-refractivity contribution in [1.29, 1.82) is 0 Å². The predicted molar refractivity (Wildman–Crippen MR) is 71.4 cm³/mol. The van der Waals surface area contributed by atoms with Crippen LogP contribution in [-0.4, -0.2) is 42.7 Å². The van der Waals surface area contributed by atoms with E-state index >= 15 is 0 Å². The molecule has 5 nitrogen and oxygen atoms in total. The van der Waals surface area contributed by atoms with Crippen LogP contribution in [0, 0.1) is 0 Å². The molecule has 1 saturated heterocycles. The van der Waals surface area contributed by atoms with Crippen molar-refractivity contribution in [3.05, 3.63) is 23.8 Å². The molecule has 1 aliphatic heterocycles. The fraction of sp³-hybridized carbons (Fsp3) is 0.571. The van der Waals surface area contributed by atoms with Crippen LogP contribution in [0.5, 0.6) is 11.5 Å². The second kappa shape index (κ2) is 5.77. The number of nitrogens with one attached hydrogen (secondary N) is 1. The topological polar surface area (TPSA) is 71.0 Å². The van der Waals surface area contributed by atoms with Crippen LogP contribution in [0.15, 0.2) is 18.2 Å². The van der Waals surface area contributed by atoms with Crippen LogP contribution in [0.3, 0.4) is 0 Å². The monoisotopic (exact) mass is 267 g/mol. The number of aromatic hydroxyl groups is 2. The van der Waals surface area contributed by atoms with Crippen molar-refractivity contribution >= 4 is 0 Å². The molecule has 2 atom stereocenters. The molecular weight excluding hydrogens is 246 g/mol. The van der Waals surface area contributed by atoms with Crippen molar-refractivity contribution < 1.29 is 19.7 Å². The smallest absolute Gasteiger partial charge is 0.124 e. The van der Waals surface area contributed by atoms with Crippen LogP contribution in [0.2, 0.25) is 0 Å². The molecular formula is C14H21NO4. The van der Waals surface area contributed by atoms with Gasteiger partial charge in [-0.1, -0.05) is 6.07 Å². The number of rotatable bonds is 5. The van der Waals surface area contributed by atoms with Crippen LogP contribution < -0.4 is 5.32 Å². The van der Waals surface area contributed by atoms with E-state index < -0.39 is 0 Å². The highest BCUT2D eigenvalue weighted by Crippen LogP contribution is 2.32. The Bertz CT molecular complexity index is 409. The zero-order valence-electron chi connectivity index (χ0n) is 11.3. The first-order chi connectivity index (χ1) is 9.08. The zero-order valence-corrected chi connectivity index (χ0v) is 11.3. The summed E-state index contributed by atoms with van der Waals surface area (Å²) >= 11 is 0. The number of phenols is 2. The fourth-order valence-corrected chi connectivity index (χ4v) is 2.39. The summed E-state index contributed by atoms with van der Waals surface area (Å²) in [5, 5.41) is 22.9. The molecule has 1 aliphatic rings. The van der Waals surface area contributed by atoms with E-state index in [1.807, 2.05) is 6.92 Å². The summed E-state index contributed by atoms with van der Waals surface area (Å²) in [4.78, 5) is 0. The van der Waals surface area contributed by atoms with Crippen LogP contribution in [0.4, 0.5) is 0 Å². The molecule has 0 bridgehead atoms. The SMILES string of the molecule is COC1(CNC(C)c2c(O)cccc2O)CCOC1. The number of hydrogen-bond acceptors (Lipinski definition) is 5. The minimum atomic E-state index is -0.311. The van der Waals surface area contributed by atoms with Crippen molar-refractivity contribution in [1.82, 2.24) is 5.32 Å². The van der Waals surface area contributed by atoms with Crippen LogP contribution in [0.25, 0.3) is 0 Å². The first kappa shape index (κ1) is 14.1. The number of hydrogen-bond donors (Lipinski definition) is 3. The number of ether oxygens (including phenoxy) is 2. The summed E-state index contributed by atoms with van der Waals surface area (Å²) in [6, 6.07) is 4.58. The first-order valence-corrected chi connectivity index (χ1v) is 6.45. The van der Waals surface area contributed by atoms with Crippen molar-refractivity contribution in [2.45, 2.75) is 25.0 Å². The third-order valence-corrected chi connectivity index (χ3v) is 3.72. The van der Waals surface area contributed by atoms with Gasteiger partial charge in [0.25, 0.3) is 0 Å². The maximum atomic E-state index is 9.82. The molecule has 0 saturated carbocycles. The molecule has 0 amide bonds. The number of benzene rings is 1. The standard InChI is InChI=1S/C14H21NO4/c1-10(13-11(16)4-3-5-12(13)17)15-8-14(18-2)6-7-19-9-14/h3-5,10,15-17H,6-9H2,1-2H3. The van der Waals surface area contributed by atoms with Gasteiger partial charge >= 0.3 is 0 Å². The van der Waals surface area contributed by atoms with E-state index in [9.17, 15) is 10.2 Å². The molecule has 0 radical (unpaired) electrons. The highest BCUT2D eigenvalue weighted by atomic mass is 16.5. The van der Waals surface area contributed by atoms with Crippen LogP contribution in [0.1, 0.15) is 24.9 Å². The third kappa shape index (κ3) is 3.00. The summed E-state index contributed by atoms with van der Waals surface area (Å²) in [6.45, 7) is 3.77. The third-order valence-electron chi connectivity index (χ3n) is 3.72. The Hall–Kier alpha value is -1.30. The van der Waals surface area contributed by atoms with E-state index in [0.29, 0.717) is 25.3 Å². The average Bonchev–Trinajstić information content (AvgIpc) is 2.86. The van der Waals surface area contributed by atoms with Gasteiger partial charge < -0.3 is 25.0 Å². The minimum Gasteiger partial charge on any atom is -0.507 e. The lowest BCUT2D eigenvalue weighted by Crippen LogP contribution is -2.43. The predicted octanol–water partition coefficient (Wildman–Crippen LogP) is 1.55. The molecule has 1 aromatic carbocycles. The molecule has 2 unspecified atom stereocenters. The summed E-state index contributed by atoms with van der Waals surface area (Å²) in [5.74, 6) is 0.184. The maximum absolute atomic E-state index is 9.82. The molecule has 106 valence electrons. The molecule has 1 aromatic rings. The first-order valence-electron chi connectivity index (χ1n) is 6.45. The largest absolute Gasteiger partial charge is 0.507 e. The van der Waals surface area contributed by atoms with E-state index in [1.165, 1.54) is 0 Å². The van der Waals surface area contributed by atoms with Crippen molar-refractivity contribution in [2.75, 3.05) is 26.9 Å². The quantitative estimate of drug-likeness (QED) is 0.755. The van der Waals surface area contributed by atoms with Gasteiger partial charge in [-0.15, -0.1) is 0 Å². The van der Waals surface area contributed by atoms with Gasteiger partial charge in [0, 0.05) is 32.7 Å². The number of phenolic OH excluding ortho intramolecular Hbond substituents is 2. The van der Waals surface area contributed by atoms with E-state index in [1.54, 1.807) is 25.3 Å². The highest BCUT2D eigenvalue weighted by molar-refractivity contribution is 5.44. The molecule has 0 spiro atoms. The maximum Gasteiger partial charge on any atom is 0.124 e. The van der Waals surface area contributed by atoms with Gasteiger partial charge in [0.15, 0.2) is 0 Å². The second-order valence-corrected chi connectivity index (χ2v) is 5.00. The highest BCUT2D eigenvalue weighted by Gasteiger charge is 2.35. The Morgan fingerprint density at radius 3 is 2.63 bits per heavy atom.